The Labute approximate surface area is 117 Å². The van der Waals surface area contributed by atoms with Gasteiger partial charge in [0.25, 0.3) is 10.0 Å². The van der Waals surface area contributed by atoms with Gasteiger partial charge in [0, 0.05) is 5.69 Å². The van der Waals surface area contributed by atoms with Crippen molar-refractivity contribution in [3.05, 3.63) is 48.5 Å². The monoisotopic (exact) mass is 293 g/mol. The molecule has 2 rings (SSSR count). The van der Waals surface area contributed by atoms with Gasteiger partial charge in [-0.1, -0.05) is 0 Å². The van der Waals surface area contributed by atoms with E-state index in [0.717, 1.165) is 0 Å². The molecular formula is C14H15NO4S. The third-order valence-electron chi connectivity index (χ3n) is 2.56. The highest BCUT2D eigenvalue weighted by Gasteiger charge is 2.13. The second kappa shape index (κ2) is 5.83. The average molecular weight is 293 g/mol. The summed E-state index contributed by atoms with van der Waals surface area (Å²) in [6.07, 6.45) is 0. The van der Waals surface area contributed by atoms with Gasteiger partial charge in [-0.15, -0.1) is 0 Å². The maximum absolute atomic E-state index is 12.1. The van der Waals surface area contributed by atoms with E-state index in [1.54, 1.807) is 24.3 Å². The Morgan fingerprint density at radius 2 is 1.65 bits per heavy atom. The second-order valence-corrected chi connectivity index (χ2v) is 5.74. The number of hydrogen-bond acceptors (Lipinski definition) is 4. The molecule has 0 fully saturated rings. The molecule has 0 radical (unpaired) electrons. The molecule has 0 bridgehead atoms. The summed E-state index contributed by atoms with van der Waals surface area (Å²) in [5.74, 6) is 0.699. The van der Waals surface area contributed by atoms with E-state index in [-0.39, 0.29) is 10.6 Å². The van der Waals surface area contributed by atoms with E-state index in [1.807, 2.05) is 6.92 Å². The first-order valence-electron chi connectivity index (χ1n) is 6.06. The fourth-order valence-corrected chi connectivity index (χ4v) is 2.68. The number of nitrogens with one attached hydrogen (secondary N) is 1. The van der Waals surface area contributed by atoms with Crippen LogP contribution < -0.4 is 9.46 Å². The highest BCUT2D eigenvalue weighted by Crippen LogP contribution is 2.20. The Morgan fingerprint density at radius 1 is 1.05 bits per heavy atom. The van der Waals surface area contributed by atoms with Crippen molar-refractivity contribution < 1.29 is 18.3 Å². The minimum absolute atomic E-state index is 0.0185. The van der Waals surface area contributed by atoms with E-state index < -0.39 is 10.0 Å². The van der Waals surface area contributed by atoms with E-state index in [4.69, 9.17) is 9.84 Å². The standard InChI is InChI=1S/C14H15NO4S/c1-2-19-13-7-3-11(4-8-13)15-20(17,18)14-9-5-12(16)6-10-14/h3-10,15-16H,2H2,1H3. The fraction of sp³-hybridized carbons (Fsp3) is 0.143. The number of benzene rings is 2. The van der Waals surface area contributed by atoms with Gasteiger partial charge in [0.15, 0.2) is 0 Å². The quantitative estimate of drug-likeness (QED) is 0.888. The zero-order chi connectivity index (χ0) is 14.6. The van der Waals surface area contributed by atoms with Gasteiger partial charge in [-0.2, -0.15) is 0 Å². The van der Waals surface area contributed by atoms with E-state index in [9.17, 15) is 8.42 Å². The molecule has 2 N–H and O–H groups in total. The summed E-state index contributed by atoms with van der Waals surface area (Å²) >= 11 is 0. The predicted molar refractivity (Wildman–Crippen MR) is 76.5 cm³/mol. The zero-order valence-corrected chi connectivity index (χ0v) is 11.7. The van der Waals surface area contributed by atoms with Gasteiger partial charge < -0.3 is 9.84 Å². The minimum Gasteiger partial charge on any atom is -0.508 e. The highest BCUT2D eigenvalue weighted by atomic mass is 32.2. The SMILES string of the molecule is CCOc1ccc(NS(=O)(=O)c2ccc(O)cc2)cc1. The summed E-state index contributed by atoms with van der Waals surface area (Å²) < 4.78 is 31.9. The number of hydrogen-bond donors (Lipinski definition) is 2. The van der Waals surface area contributed by atoms with Crippen molar-refractivity contribution in [2.24, 2.45) is 0 Å². The first kappa shape index (κ1) is 14.2. The van der Waals surface area contributed by atoms with Crippen LogP contribution in [0, 0.1) is 0 Å². The Morgan fingerprint density at radius 3 is 2.20 bits per heavy atom. The van der Waals surface area contributed by atoms with Gasteiger partial charge in [-0.3, -0.25) is 4.72 Å². The Hall–Kier alpha value is -2.21. The second-order valence-electron chi connectivity index (χ2n) is 4.06. The fourth-order valence-electron chi connectivity index (χ4n) is 1.63. The molecule has 0 spiro atoms. The first-order valence-corrected chi connectivity index (χ1v) is 7.54. The molecule has 0 unspecified atom stereocenters. The van der Waals surface area contributed by atoms with Gasteiger partial charge in [0.1, 0.15) is 11.5 Å². The largest absolute Gasteiger partial charge is 0.508 e. The van der Waals surface area contributed by atoms with Crippen LogP contribution in [0.2, 0.25) is 0 Å². The van der Waals surface area contributed by atoms with Gasteiger partial charge in [-0.05, 0) is 55.5 Å². The lowest BCUT2D eigenvalue weighted by Crippen LogP contribution is -2.12. The van der Waals surface area contributed by atoms with E-state index >= 15 is 0 Å². The van der Waals surface area contributed by atoms with Crippen molar-refractivity contribution in [2.45, 2.75) is 11.8 Å². The van der Waals surface area contributed by atoms with Crippen LogP contribution >= 0.6 is 0 Å². The molecule has 0 amide bonds. The Balaban J connectivity index is 2.17. The number of aromatic hydroxyl groups is 1. The maximum Gasteiger partial charge on any atom is 0.261 e. The predicted octanol–water partition coefficient (Wildman–Crippen LogP) is 2.59. The third-order valence-corrected chi connectivity index (χ3v) is 3.96. The number of rotatable bonds is 5. The first-order chi connectivity index (χ1) is 9.51. The van der Waals surface area contributed by atoms with Crippen molar-refractivity contribution in [3.63, 3.8) is 0 Å². The van der Waals surface area contributed by atoms with E-state index in [1.165, 1.54) is 24.3 Å². The molecule has 0 aromatic heterocycles. The lowest BCUT2D eigenvalue weighted by Gasteiger charge is -2.09. The van der Waals surface area contributed by atoms with Crippen LogP contribution in [0.4, 0.5) is 5.69 Å². The number of ether oxygens (including phenoxy) is 1. The average Bonchev–Trinajstić information content (AvgIpc) is 2.41. The van der Waals surface area contributed by atoms with Crippen molar-refractivity contribution in [1.82, 2.24) is 0 Å². The summed E-state index contributed by atoms with van der Waals surface area (Å²) in [4.78, 5) is 0.0872. The molecule has 2 aromatic rings. The van der Waals surface area contributed by atoms with Gasteiger partial charge >= 0.3 is 0 Å². The van der Waals surface area contributed by atoms with Crippen molar-refractivity contribution in [2.75, 3.05) is 11.3 Å². The summed E-state index contributed by atoms with van der Waals surface area (Å²) in [5.41, 5.74) is 0.446. The van der Waals surface area contributed by atoms with Gasteiger partial charge in [0.2, 0.25) is 0 Å². The lowest BCUT2D eigenvalue weighted by atomic mass is 10.3. The van der Waals surface area contributed by atoms with E-state index in [0.29, 0.717) is 18.0 Å². The summed E-state index contributed by atoms with van der Waals surface area (Å²) in [7, 11) is -3.66. The number of sulfonamides is 1. The summed E-state index contributed by atoms with van der Waals surface area (Å²) in [6.45, 7) is 2.43. The van der Waals surface area contributed by atoms with Crippen molar-refractivity contribution in [1.29, 1.82) is 0 Å². The van der Waals surface area contributed by atoms with Crippen LogP contribution in [0.5, 0.6) is 11.5 Å². The number of phenolic OH excluding ortho intramolecular Hbond substituents is 1. The van der Waals surface area contributed by atoms with Crippen LogP contribution in [0.1, 0.15) is 6.92 Å². The molecule has 0 atom stereocenters. The third kappa shape index (κ3) is 3.42. The number of phenols is 1. The topological polar surface area (TPSA) is 75.6 Å². The Kier molecular flexibility index (Phi) is 4.14. The van der Waals surface area contributed by atoms with Crippen LogP contribution in [0.25, 0.3) is 0 Å². The molecule has 0 aliphatic carbocycles. The molecule has 5 nitrogen and oxygen atoms in total. The lowest BCUT2D eigenvalue weighted by molar-refractivity contribution is 0.340. The molecular weight excluding hydrogens is 278 g/mol. The molecule has 20 heavy (non-hydrogen) atoms. The molecule has 6 heteroatoms. The zero-order valence-electron chi connectivity index (χ0n) is 10.9. The van der Waals surface area contributed by atoms with Crippen molar-refractivity contribution >= 4 is 15.7 Å². The number of anilines is 1. The van der Waals surface area contributed by atoms with Crippen LogP contribution in [-0.4, -0.2) is 20.1 Å². The molecule has 0 aliphatic rings. The van der Waals surface area contributed by atoms with Gasteiger partial charge in [0.05, 0.1) is 11.5 Å². The van der Waals surface area contributed by atoms with Crippen LogP contribution in [0.3, 0.4) is 0 Å². The molecule has 2 aromatic carbocycles. The van der Waals surface area contributed by atoms with Crippen molar-refractivity contribution in [3.8, 4) is 11.5 Å². The van der Waals surface area contributed by atoms with Crippen LogP contribution in [0.15, 0.2) is 53.4 Å². The molecule has 0 aliphatic heterocycles. The highest BCUT2D eigenvalue weighted by molar-refractivity contribution is 7.92. The molecule has 0 saturated carbocycles. The van der Waals surface area contributed by atoms with Gasteiger partial charge in [-0.25, -0.2) is 8.42 Å². The maximum atomic E-state index is 12.1. The molecule has 0 saturated heterocycles. The minimum atomic E-state index is -3.66. The molecule has 106 valence electrons. The van der Waals surface area contributed by atoms with Crippen LogP contribution in [-0.2, 0) is 10.0 Å². The normalized spacial score (nSPS) is 11.1. The summed E-state index contributed by atoms with van der Waals surface area (Å²) in [5, 5.41) is 9.16. The van der Waals surface area contributed by atoms with E-state index in [2.05, 4.69) is 4.72 Å². The molecule has 0 heterocycles. The smallest absolute Gasteiger partial charge is 0.261 e. The Bertz CT molecular complexity index is 663. The summed E-state index contributed by atoms with van der Waals surface area (Å²) in [6, 6.07) is 12.0.